The van der Waals surface area contributed by atoms with Crippen molar-refractivity contribution in [2.24, 2.45) is 5.73 Å². The molecule has 17 heavy (non-hydrogen) atoms. The molecule has 0 atom stereocenters. The fourth-order valence-electron chi connectivity index (χ4n) is 1.54. The highest BCUT2D eigenvalue weighted by Crippen LogP contribution is 2.08. The van der Waals surface area contributed by atoms with Gasteiger partial charge in [-0.2, -0.15) is 0 Å². The molecule has 0 bridgehead atoms. The van der Waals surface area contributed by atoms with Crippen LogP contribution in [0.2, 0.25) is 0 Å². The van der Waals surface area contributed by atoms with Crippen molar-refractivity contribution in [1.82, 2.24) is 5.32 Å². The van der Waals surface area contributed by atoms with Gasteiger partial charge in [-0.25, -0.2) is 0 Å². The average Bonchev–Trinajstić information content (AvgIpc) is 2.30. The average molecular weight is 234 g/mol. The first-order chi connectivity index (χ1) is 7.98. The van der Waals surface area contributed by atoms with Crippen LogP contribution in [0.3, 0.4) is 0 Å². The zero-order valence-electron chi connectivity index (χ0n) is 10.9. The van der Waals surface area contributed by atoms with Gasteiger partial charge in [0.1, 0.15) is 0 Å². The molecular weight excluding hydrogens is 212 g/mol. The van der Waals surface area contributed by atoms with Gasteiger partial charge in [-0.3, -0.25) is 4.79 Å². The molecule has 0 aliphatic rings. The van der Waals surface area contributed by atoms with E-state index in [-0.39, 0.29) is 11.4 Å². The van der Waals surface area contributed by atoms with Gasteiger partial charge in [-0.1, -0.05) is 25.5 Å². The lowest BCUT2D eigenvalue weighted by Gasteiger charge is -2.24. The predicted molar refractivity (Wildman–Crippen MR) is 71.0 cm³/mol. The molecule has 0 radical (unpaired) electrons. The summed E-state index contributed by atoms with van der Waals surface area (Å²) in [4.78, 5) is 11.9. The number of amides is 1. The SMILES string of the molecule is CCCc1ccc(C(=O)NC(C)(C)CN)cc1. The van der Waals surface area contributed by atoms with Crippen LogP contribution in [0.1, 0.15) is 43.1 Å². The molecule has 3 heteroatoms. The van der Waals surface area contributed by atoms with Crippen LogP contribution in [0.5, 0.6) is 0 Å². The summed E-state index contributed by atoms with van der Waals surface area (Å²) in [6.45, 7) is 6.39. The normalized spacial score (nSPS) is 11.3. The van der Waals surface area contributed by atoms with Crippen LogP contribution in [0, 0.1) is 0 Å². The van der Waals surface area contributed by atoms with Gasteiger partial charge in [0.25, 0.3) is 5.91 Å². The zero-order valence-corrected chi connectivity index (χ0v) is 10.9. The highest BCUT2D eigenvalue weighted by molar-refractivity contribution is 5.94. The number of rotatable bonds is 5. The van der Waals surface area contributed by atoms with E-state index >= 15 is 0 Å². The molecule has 3 N–H and O–H groups in total. The molecule has 0 saturated heterocycles. The van der Waals surface area contributed by atoms with E-state index in [1.807, 2.05) is 38.1 Å². The first-order valence-electron chi connectivity index (χ1n) is 6.10. The van der Waals surface area contributed by atoms with Crippen LogP contribution < -0.4 is 11.1 Å². The van der Waals surface area contributed by atoms with E-state index in [4.69, 9.17) is 5.73 Å². The lowest BCUT2D eigenvalue weighted by atomic mass is 10.0. The number of carbonyl (C=O) groups is 1. The van der Waals surface area contributed by atoms with E-state index in [0.29, 0.717) is 12.1 Å². The summed E-state index contributed by atoms with van der Waals surface area (Å²) in [6.07, 6.45) is 2.17. The number of nitrogens with two attached hydrogens (primary N) is 1. The van der Waals surface area contributed by atoms with E-state index in [9.17, 15) is 4.79 Å². The largest absolute Gasteiger partial charge is 0.346 e. The Morgan fingerprint density at radius 3 is 2.35 bits per heavy atom. The molecule has 0 aromatic heterocycles. The predicted octanol–water partition coefficient (Wildman–Crippen LogP) is 2.11. The smallest absolute Gasteiger partial charge is 0.251 e. The Hall–Kier alpha value is -1.35. The molecule has 3 nitrogen and oxygen atoms in total. The fraction of sp³-hybridized carbons (Fsp3) is 0.500. The minimum atomic E-state index is -0.362. The highest BCUT2D eigenvalue weighted by atomic mass is 16.1. The first-order valence-corrected chi connectivity index (χ1v) is 6.10. The van der Waals surface area contributed by atoms with Gasteiger partial charge >= 0.3 is 0 Å². The first kappa shape index (κ1) is 13.7. The van der Waals surface area contributed by atoms with E-state index < -0.39 is 0 Å². The fourth-order valence-corrected chi connectivity index (χ4v) is 1.54. The molecule has 0 aliphatic heterocycles. The Kier molecular flexibility index (Phi) is 4.70. The highest BCUT2D eigenvalue weighted by Gasteiger charge is 2.18. The van der Waals surface area contributed by atoms with Crippen molar-refractivity contribution in [2.45, 2.75) is 39.2 Å². The van der Waals surface area contributed by atoms with Crippen LogP contribution in [-0.4, -0.2) is 18.0 Å². The Morgan fingerprint density at radius 2 is 1.88 bits per heavy atom. The van der Waals surface area contributed by atoms with Crippen LogP contribution in [0.25, 0.3) is 0 Å². The van der Waals surface area contributed by atoms with Crippen molar-refractivity contribution in [3.63, 3.8) is 0 Å². The van der Waals surface area contributed by atoms with Crippen molar-refractivity contribution >= 4 is 5.91 Å². The monoisotopic (exact) mass is 234 g/mol. The minimum absolute atomic E-state index is 0.0662. The van der Waals surface area contributed by atoms with E-state index in [1.165, 1.54) is 5.56 Å². The number of aryl methyl sites for hydroxylation is 1. The molecule has 1 amide bonds. The third-order valence-corrected chi connectivity index (χ3v) is 2.72. The van der Waals surface area contributed by atoms with Crippen molar-refractivity contribution < 1.29 is 4.79 Å². The molecule has 1 aromatic carbocycles. The molecule has 0 spiro atoms. The second-order valence-electron chi connectivity index (χ2n) is 4.99. The summed E-state index contributed by atoms with van der Waals surface area (Å²) < 4.78 is 0. The molecule has 1 aromatic rings. The maximum atomic E-state index is 11.9. The number of benzene rings is 1. The molecule has 0 fully saturated rings. The molecule has 0 unspecified atom stereocenters. The molecule has 0 aliphatic carbocycles. The number of hydrogen-bond acceptors (Lipinski definition) is 2. The number of carbonyl (C=O) groups excluding carboxylic acids is 1. The summed E-state index contributed by atoms with van der Waals surface area (Å²) in [6, 6.07) is 7.75. The topological polar surface area (TPSA) is 55.1 Å². The maximum Gasteiger partial charge on any atom is 0.251 e. The van der Waals surface area contributed by atoms with Gasteiger partial charge < -0.3 is 11.1 Å². The lowest BCUT2D eigenvalue weighted by Crippen LogP contribution is -2.48. The summed E-state index contributed by atoms with van der Waals surface area (Å²) in [5.41, 5.74) is 7.17. The van der Waals surface area contributed by atoms with Crippen molar-refractivity contribution in [2.75, 3.05) is 6.54 Å². The van der Waals surface area contributed by atoms with E-state index in [2.05, 4.69) is 12.2 Å². The van der Waals surface area contributed by atoms with Gasteiger partial charge in [0.2, 0.25) is 0 Å². The lowest BCUT2D eigenvalue weighted by molar-refractivity contribution is 0.0915. The van der Waals surface area contributed by atoms with Crippen LogP contribution >= 0.6 is 0 Å². The van der Waals surface area contributed by atoms with Gasteiger partial charge in [0.05, 0.1) is 0 Å². The summed E-state index contributed by atoms with van der Waals surface area (Å²) in [5, 5.41) is 2.91. The molecule has 0 saturated carbocycles. The molecule has 1 rings (SSSR count). The quantitative estimate of drug-likeness (QED) is 0.819. The van der Waals surface area contributed by atoms with Gasteiger partial charge in [0.15, 0.2) is 0 Å². The number of hydrogen-bond donors (Lipinski definition) is 2. The van der Waals surface area contributed by atoms with Crippen molar-refractivity contribution in [3.05, 3.63) is 35.4 Å². The molecular formula is C14H22N2O. The van der Waals surface area contributed by atoms with E-state index in [1.54, 1.807) is 0 Å². The standard InChI is InChI=1S/C14H22N2O/c1-4-5-11-6-8-12(9-7-11)13(17)16-14(2,3)10-15/h6-9H,4-5,10,15H2,1-3H3,(H,16,17). The van der Waals surface area contributed by atoms with Crippen LogP contribution in [0.15, 0.2) is 24.3 Å². The second kappa shape index (κ2) is 5.82. The van der Waals surface area contributed by atoms with Crippen molar-refractivity contribution in [3.8, 4) is 0 Å². The Labute approximate surface area is 103 Å². The Morgan fingerprint density at radius 1 is 1.29 bits per heavy atom. The van der Waals surface area contributed by atoms with Gasteiger partial charge in [-0.15, -0.1) is 0 Å². The molecule has 94 valence electrons. The summed E-state index contributed by atoms with van der Waals surface area (Å²) >= 11 is 0. The zero-order chi connectivity index (χ0) is 12.9. The second-order valence-corrected chi connectivity index (χ2v) is 4.99. The van der Waals surface area contributed by atoms with E-state index in [0.717, 1.165) is 12.8 Å². The third-order valence-electron chi connectivity index (χ3n) is 2.72. The van der Waals surface area contributed by atoms with Gasteiger partial charge in [0, 0.05) is 17.6 Å². The Bertz CT molecular complexity index is 368. The summed E-state index contributed by atoms with van der Waals surface area (Å²) in [7, 11) is 0. The molecule has 0 heterocycles. The van der Waals surface area contributed by atoms with Gasteiger partial charge in [-0.05, 0) is 38.0 Å². The third kappa shape index (κ3) is 4.19. The van der Waals surface area contributed by atoms with Crippen molar-refractivity contribution in [1.29, 1.82) is 0 Å². The van der Waals surface area contributed by atoms with Crippen LogP contribution in [-0.2, 0) is 6.42 Å². The Balaban J connectivity index is 2.70. The maximum absolute atomic E-state index is 11.9. The number of nitrogens with one attached hydrogen (secondary N) is 1. The summed E-state index contributed by atoms with van der Waals surface area (Å²) in [5.74, 6) is -0.0662. The minimum Gasteiger partial charge on any atom is -0.346 e. The van der Waals surface area contributed by atoms with Crippen LogP contribution in [0.4, 0.5) is 0 Å².